The Bertz CT molecular complexity index is 477. The van der Waals surface area contributed by atoms with Crippen LogP contribution in [0.3, 0.4) is 0 Å². The van der Waals surface area contributed by atoms with Gasteiger partial charge in [0.25, 0.3) is 5.91 Å². The number of benzene rings is 1. The quantitative estimate of drug-likeness (QED) is 0.774. The molecule has 0 spiro atoms. The molecule has 0 bridgehead atoms. The van der Waals surface area contributed by atoms with Gasteiger partial charge in [-0.05, 0) is 36.1 Å². The zero-order chi connectivity index (χ0) is 16.3. The molecular weight excluding hydrogens is 347 g/mol. The molecule has 0 aromatic heterocycles. The maximum atomic E-state index is 12.5. The van der Waals surface area contributed by atoms with E-state index in [2.05, 4.69) is 21.2 Å². The third kappa shape index (κ3) is 5.34. The van der Waals surface area contributed by atoms with Crippen LogP contribution < -0.4 is 5.32 Å². The number of hydrogen-bond donors (Lipinski definition) is 1. The Morgan fingerprint density at radius 1 is 1.19 bits per heavy atom. The summed E-state index contributed by atoms with van der Waals surface area (Å²) in [5, 5.41) is 3.62. The second kappa shape index (κ2) is 6.81. The van der Waals surface area contributed by atoms with Gasteiger partial charge in [-0.3, -0.25) is 4.79 Å². The highest BCUT2D eigenvalue weighted by molar-refractivity contribution is 9.09. The topological polar surface area (TPSA) is 29.1 Å². The van der Waals surface area contributed by atoms with Crippen molar-refractivity contribution < 1.29 is 18.0 Å². The van der Waals surface area contributed by atoms with E-state index in [1.165, 1.54) is 12.1 Å². The van der Waals surface area contributed by atoms with Crippen molar-refractivity contribution in [3.8, 4) is 0 Å². The molecule has 0 saturated carbocycles. The predicted molar refractivity (Wildman–Crippen MR) is 80.6 cm³/mol. The van der Waals surface area contributed by atoms with Crippen molar-refractivity contribution in [3.63, 3.8) is 0 Å². The number of amides is 1. The van der Waals surface area contributed by atoms with Gasteiger partial charge in [0.1, 0.15) is 0 Å². The number of carbonyl (C=O) groups excluding carboxylic acids is 1. The predicted octanol–water partition coefficient (Wildman–Crippen LogP) is 4.63. The number of hydrogen-bond acceptors (Lipinski definition) is 1. The largest absolute Gasteiger partial charge is 0.416 e. The van der Waals surface area contributed by atoms with Crippen molar-refractivity contribution in [2.24, 2.45) is 5.41 Å². The summed E-state index contributed by atoms with van der Waals surface area (Å²) in [5.74, 6) is -0.357. The van der Waals surface area contributed by atoms with Crippen LogP contribution in [0, 0.1) is 5.41 Å². The van der Waals surface area contributed by atoms with Gasteiger partial charge in [-0.25, -0.2) is 0 Å². The minimum Gasteiger partial charge on any atom is -0.349 e. The first-order valence-electron chi connectivity index (χ1n) is 6.60. The van der Waals surface area contributed by atoms with Crippen LogP contribution in [0.4, 0.5) is 13.2 Å². The number of carbonyl (C=O) groups is 1. The van der Waals surface area contributed by atoms with Crippen molar-refractivity contribution in [2.45, 2.75) is 39.4 Å². The molecule has 1 atom stereocenters. The van der Waals surface area contributed by atoms with Gasteiger partial charge in [0.2, 0.25) is 0 Å². The first-order chi connectivity index (χ1) is 9.55. The van der Waals surface area contributed by atoms with Gasteiger partial charge in [0.05, 0.1) is 5.56 Å². The molecule has 21 heavy (non-hydrogen) atoms. The van der Waals surface area contributed by atoms with Crippen LogP contribution in [0.25, 0.3) is 0 Å². The van der Waals surface area contributed by atoms with E-state index in [1.54, 1.807) is 0 Å². The zero-order valence-corrected chi connectivity index (χ0v) is 13.8. The van der Waals surface area contributed by atoms with E-state index in [-0.39, 0.29) is 22.9 Å². The summed E-state index contributed by atoms with van der Waals surface area (Å²) >= 11 is 3.34. The van der Waals surface area contributed by atoms with Gasteiger partial charge >= 0.3 is 6.18 Å². The van der Waals surface area contributed by atoms with Crippen molar-refractivity contribution >= 4 is 21.8 Å². The minimum atomic E-state index is -4.39. The molecule has 1 rings (SSSR count). The molecule has 2 nitrogen and oxygen atoms in total. The molecule has 118 valence electrons. The smallest absolute Gasteiger partial charge is 0.349 e. The van der Waals surface area contributed by atoms with Crippen LogP contribution in [0.1, 0.15) is 43.1 Å². The number of halogens is 4. The highest BCUT2D eigenvalue weighted by atomic mass is 79.9. The van der Waals surface area contributed by atoms with E-state index in [4.69, 9.17) is 0 Å². The average molecular weight is 366 g/mol. The van der Waals surface area contributed by atoms with Crippen molar-refractivity contribution in [3.05, 3.63) is 35.4 Å². The van der Waals surface area contributed by atoms with E-state index < -0.39 is 11.7 Å². The molecule has 0 aliphatic heterocycles. The maximum Gasteiger partial charge on any atom is 0.416 e. The Morgan fingerprint density at radius 2 is 1.71 bits per heavy atom. The van der Waals surface area contributed by atoms with Crippen LogP contribution in [-0.4, -0.2) is 17.3 Å². The third-order valence-electron chi connectivity index (χ3n) is 3.22. The summed E-state index contributed by atoms with van der Waals surface area (Å²) in [6.07, 6.45) is -3.64. The Hall–Kier alpha value is -1.04. The van der Waals surface area contributed by atoms with Gasteiger partial charge in [0, 0.05) is 16.9 Å². The number of rotatable bonds is 4. The second-order valence-corrected chi connectivity index (χ2v) is 6.74. The molecule has 1 amide bonds. The lowest BCUT2D eigenvalue weighted by Gasteiger charge is -2.31. The Balaban J connectivity index is 2.84. The fourth-order valence-corrected chi connectivity index (χ4v) is 2.34. The average Bonchev–Trinajstić information content (AvgIpc) is 2.36. The molecule has 1 unspecified atom stereocenters. The first-order valence-corrected chi connectivity index (χ1v) is 7.72. The molecular formula is C15H19BrF3NO. The number of alkyl halides is 4. The molecule has 1 N–H and O–H groups in total. The fraction of sp³-hybridized carbons (Fsp3) is 0.533. The summed E-state index contributed by atoms with van der Waals surface area (Å²) in [6, 6.07) is 4.18. The van der Waals surface area contributed by atoms with Crippen LogP contribution in [0.5, 0.6) is 0 Å². The summed E-state index contributed by atoms with van der Waals surface area (Å²) < 4.78 is 37.4. The van der Waals surface area contributed by atoms with Gasteiger partial charge in [0.15, 0.2) is 0 Å². The normalized spacial score (nSPS) is 13.9. The number of nitrogens with one attached hydrogen (secondary N) is 1. The van der Waals surface area contributed by atoms with Crippen molar-refractivity contribution in [1.82, 2.24) is 5.32 Å². The van der Waals surface area contributed by atoms with E-state index in [0.29, 0.717) is 0 Å². The van der Waals surface area contributed by atoms with Crippen LogP contribution in [-0.2, 0) is 6.18 Å². The monoisotopic (exact) mass is 365 g/mol. The lowest BCUT2D eigenvalue weighted by molar-refractivity contribution is -0.137. The lowest BCUT2D eigenvalue weighted by atomic mass is 9.85. The highest BCUT2D eigenvalue weighted by Gasteiger charge is 2.30. The molecule has 1 aromatic rings. The molecule has 0 saturated heterocycles. The van der Waals surface area contributed by atoms with Crippen molar-refractivity contribution in [1.29, 1.82) is 0 Å². The van der Waals surface area contributed by atoms with E-state index in [0.717, 1.165) is 23.9 Å². The Kier molecular flexibility index (Phi) is 5.84. The Morgan fingerprint density at radius 3 is 2.10 bits per heavy atom. The van der Waals surface area contributed by atoms with Gasteiger partial charge < -0.3 is 5.32 Å². The second-order valence-electron chi connectivity index (χ2n) is 5.94. The van der Waals surface area contributed by atoms with E-state index in [9.17, 15) is 18.0 Å². The fourth-order valence-electron chi connectivity index (χ4n) is 1.88. The van der Waals surface area contributed by atoms with E-state index in [1.807, 2.05) is 20.8 Å². The summed E-state index contributed by atoms with van der Waals surface area (Å²) in [4.78, 5) is 12.1. The minimum absolute atomic E-state index is 0.0633. The first kappa shape index (κ1) is 18.0. The van der Waals surface area contributed by atoms with Gasteiger partial charge in [-0.1, -0.05) is 36.7 Å². The molecule has 0 heterocycles. The standard InChI is InChI=1S/C15H19BrF3NO/c1-14(2,3)12(8-9-16)20-13(21)10-4-6-11(7-5-10)15(17,18)19/h4-7,12H,8-9H2,1-3H3,(H,20,21). The van der Waals surface area contributed by atoms with Gasteiger partial charge in [-0.2, -0.15) is 13.2 Å². The summed E-state index contributed by atoms with van der Waals surface area (Å²) in [7, 11) is 0. The maximum absolute atomic E-state index is 12.5. The summed E-state index contributed by atoms with van der Waals surface area (Å²) in [6.45, 7) is 6.02. The van der Waals surface area contributed by atoms with E-state index >= 15 is 0 Å². The Labute approximate surface area is 131 Å². The summed E-state index contributed by atoms with van der Waals surface area (Å²) in [5.41, 5.74) is -0.659. The van der Waals surface area contributed by atoms with Gasteiger partial charge in [-0.15, -0.1) is 0 Å². The molecule has 0 fully saturated rings. The zero-order valence-electron chi connectivity index (χ0n) is 12.2. The van der Waals surface area contributed by atoms with Crippen molar-refractivity contribution in [2.75, 3.05) is 5.33 Å². The molecule has 0 aliphatic rings. The third-order valence-corrected chi connectivity index (χ3v) is 3.68. The molecule has 0 aliphatic carbocycles. The molecule has 6 heteroatoms. The highest BCUT2D eigenvalue weighted by Crippen LogP contribution is 2.29. The van der Waals surface area contributed by atoms with Crippen LogP contribution >= 0.6 is 15.9 Å². The lowest BCUT2D eigenvalue weighted by Crippen LogP contribution is -2.44. The van der Waals surface area contributed by atoms with Crippen LogP contribution in [0.2, 0.25) is 0 Å². The molecule has 0 radical (unpaired) electrons. The molecule has 1 aromatic carbocycles. The SMILES string of the molecule is CC(C)(C)C(CCBr)NC(=O)c1ccc(C(F)(F)F)cc1. The van der Waals surface area contributed by atoms with Crippen LogP contribution in [0.15, 0.2) is 24.3 Å².